The Morgan fingerprint density at radius 1 is 1.03 bits per heavy atom. The third-order valence-electron chi connectivity index (χ3n) is 5.83. The van der Waals surface area contributed by atoms with Crippen molar-refractivity contribution in [1.82, 2.24) is 10.2 Å². The van der Waals surface area contributed by atoms with E-state index in [1.807, 2.05) is 31.2 Å². The van der Waals surface area contributed by atoms with Crippen LogP contribution in [-0.2, 0) is 23.7 Å². The summed E-state index contributed by atoms with van der Waals surface area (Å²) >= 11 is 0. The topological polar surface area (TPSA) is 32.3 Å². The minimum atomic E-state index is -4.93. The molecule has 0 aromatic heterocycles. The van der Waals surface area contributed by atoms with Gasteiger partial charge in [0.05, 0.1) is 11.1 Å². The normalized spacial score (nSPS) is 19.0. The molecule has 33 heavy (non-hydrogen) atoms. The molecule has 0 spiro atoms. The number of nitrogens with one attached hydrogen (secondary N) is 1. The molecule has 0 bridgehead atoms. The molecule has 2 aromatic rings. The Hall–Kier alpha value is -2.26. The second kappa shape index (κ2) is 10.3. The predicted octanol–water partition coefficient (Wildman–Crippen LogP) is 5.81. The molecule has 0 aliphatic carbocycles. The third-order valence-corrected chi connectivity index (χ3v) is 5.83. The smallest absolute Gasteiger partial charge is 0.341 e. The first-order chi connectivity index (χ1) is 14.9. The molecule has 1 N–H and O–H groups in total. The van der Waals surface area contributed by atoms with Crippen LogP contribution < -0.4 is 5.32 Å². The van der Waals surface area contributed by atoms with Gasteiger partial charge in [-0.1, -0.05) is 24.3 Å². The van der Waals surface area contributed by atoms with E-state index in [9.17, 15) is 31.1 Å². The van der Waals surface area contributed by atoms with Gasteiger partial charge in [-0.05, 0) is 54.8 Å². The fourth-order valence-electron chi connectivity index (χ4n) is 4.23. The highest BCUT2D eigenvalue weighted by Gasteiger charge is 2.38. The van der Waals surface area contributed by atoms with E-state index in [1.54, 1.807) is 0 Å². The lowest BCUT2D eigenvalue weighted by Crippen LogP contribution is -2.44. The highest BCUT2D eigenvalue weighted by Crippen LogP contribution is 2.37. The number of piperidine rings is 1. The molecule has 1 aliphatic heterocycles. The number of amides is 1. The molecule has 2 aromatic carbocycles. The van der Waals surface area contributed by atoms with Gasteiger partial charge in [0.25, 0.3) is 0 Å². The van der Waals surface area contributed by atoms with Crippen molar-refractivity contribution in [3.63, 3.8) is 0 Å². The molecule has 1 aliphatic rings. The Bertz CT molecular complexity index is 944. The van der Waals surface area contributed by atoms with Crippen molar-refractivity contribution in [3.8, 4) is 0 Å². The van der Waals surface area contributed by atoms with Crippen LogP contribution in [0.15, 0.2) is 42.5 Å². The molecule has 1 heterocycles. The van der Waals surface area contributed by atoms with Crippen LogP contribution in [0.2, 0.25) is 0 Å². The van der Waals surface area contributed by atoms with Crippen LogP contribution in [-0.4, -0.2) is 30.9 Å². The Kier molecular flexibility index (Phi) is 8.46. The summed E-state index contributed by atoms with van der Waals surface area (Å²) in [5.74, 6) is -0.854. The van der Waals surface area contributed by atoms with E-state index in [1.165, 1.54) is 11.9 Å². The Labute approximate surface area is 194 Å². The van der Waals surface area contributed by atoms with Crippen molar-refractivity contribution in [2.75, 3.05) is 20.1 Å². The second-order valence-corrected chi connectivity index (χ2v) is 8.17. The van der Waals surface area contributed by atoms with Gasteiger partial charge in [0.2, 0.25) is 5.91 Å². The summed E-state index contributed by atoms with van der Waals surface area (Å²) in [6.07, 6.45) is -9.33. The molecule has 0 radical (unpaired) electrons. The first-order valence-electron chi connectivity index (χ1n) is 10.2. The maximum absolute atomic E-state index is 13.2. The van der Waals surface area contributed by atoms with Crippen molar-refractivity contribution in [2.45, 2.75) is 38.2 Å². The minimum Gasteiger partial charge on any atom is -0.341 e. The van der Waals surface area contributed by atoms with E-state index in [0.717, 1.165) is 11.1 Å². The van der Waals surface area contributed by atoms with Gasteiger partial charge in [-0.2, -0.15) is 26.3 Å². The zero-order valence-electron chi connectivity index (χ0n) is 18.1. The van der Waals surface area contributed by atoms with Gasteiger partial charge in [-0.15, -0.1) is 12.4 Å². The first-order valence-corrected chi connectivity index (χ1v) is 10.2. The van der Waals surface area contributed by atoms with E-state index in [0.29, 0.717) is 31.6 Å². The Morgan fingerprint density at radius 2 is 1.61 bits per heavy atom. The van der Waals surface area contributed by atoms with Crippen molar-refractivity contribution in [1.29, 1.82) is 0 Å². The molecule has 1 saturated heterocycles. The first kappa shape index (κ1) is 27.0. The van der Waals surface area contributed by atoms with Gasteiger partial charge in [-0.3, -0.25) is 4.79 Å². The zero-order valence-corrected chi connectivity index (χ0v) is 18.9. The van der Waals surface area contributed by atoms with E-state index in [2.05, 4.69) is 5.32 Å². The monoisotopic (exact) mass is 494 g/mol. The summed E-state index contributed by atoms with van der Waals surface area (Å²) < 4.78 is 78.9. The van der Waals surface area contributed by atoms with Crippen LogP contribution in [0.4, 0.5) is 26.3 Å². The number of hydrogen-bond acceptors (Lipinski definition) is 2. The summed E-state index contributed by atoms with van der Waals surface area (Å²) in [6, 6.07) is 9.08. The van der Waals surface area contributed by atoms with Crippen LogP contribution in [0.25, 0.3) is 0 Å². The van der Waals surface area contributed by atoms with Gasteiger partial charge in [0.15, 0.2) is 0 Å². The number of nitrogens with zero attached hydrogens (tertiary/aromatic N) is 1. The molecular weight excluding hydrogens is 470 g/mol. The zero-order chi connectivity index (χ0) is 23.7. The Balaban J connectivity index is 0.00000385. The van der Waals surface area contributed by atoms with Gasteiger partial charge >= 0.3 is 12.4 Å². The summed E-state index contributed by atoms with van der Waals surface area (Å²) in [6.45, 7) is 2.76. The molecule has 182 valence electrons. The van der Waals surface area contributed by atoms with E-state index >= 15 is 0 Å². The molecule has 1 fully saturated rings. The van der Waals surface area contributed by atoms with Crippen molar-refractivity contribution in [3.05, 3.63) is 70.3 Å². The fourth-order valence-corrected chi connectivity index (χ4v) is 4.23. The van der Waals surface area contributed by atoms with Crippen LogP contribution in [0, 0.1) is 12.8 Å². The summed E-state index contributed by atoms with van der Waals surface area (Å²) in [7, 11) is 1.41. The summed E-state index contributed by atoms with van der Waals surface area (Å²) in [4.78, 5) is 14.4. The number of alkyl halides is 6. The van der Waals surface area contributed by atoms with Crippen molar-refractivity contribution >= 4 is 18.3 Å². The number of halogens is 7. The average molecular weight is 495 g/mol. The van der Waals surface area contributed by atoms with Gasteiger partial charge in [-0.25, -0.2) is 0 Å². The van der Waals surface area contributed by atoms with E-state index < -0.39 is 29.4 Å². The molecule has 3 nitrogen and oxygen atoms in total. The molecule has 3 rings (SSSR count). The van der Waals surface area contributed by atoms with Gasteiger partial charge in [0, 0.05) is 32.0 Å². The lowest BCUT2D eigenvalue weighted by Gasteiger charge is -2.35. The minimum absolute atomic E-state index is 0. The van der Waals surface area contributed by atoms with Crippen LogP contribution in [0.1, 0.15) is 40.2 Å². The van der Waals surface area contributed by atoms with Gasteiger partial charge < -0.3 is 10.2 Å². The molecule has 2 unspecified atom stereocenters. The quantitative estimate of drug-likeness (QED) is 0.544. The number of hydrogen-bond donors (Lipinski definition) is 1. The van der Waals surface area contributed by atoms with Crippen LogP contribution >= 0.6 is 12.4 Å². The van der Waals surface area contributed by atoms with Crippen LogP contribution in [0.5, 0.6) is 0 Å². The lowest BCUT2D eigenvalue weighted by molar-refractivity contribution is -0.143. The largest absolute Gasteiger partial charge is 0.416 e. The fraction of sp³-hybridized carbons (Fsp3) is 0.435. The van der Waals surface area contributed by atoms with Gasteiger partial charge in [0.1, 0.15) is 0 Å². The van der Waals surface area contributed by atoms with Crippen molar-refractivity contribution in [2.24, 2.45) is 5.92 Å². The highest BCUT2D eigenvalue weighted by atomic mass is 35.5. The van der Waals surface area contributed by atoms with Crippen LogP contribution in [0.3, 0.4) is 0 Å². The third kappa shape index (κ3) is 6.41. The predicted molar refractivity (Wildman–Crippen MR) is 115 cm³/mol. The molecule has 0 saturated carbocycles. The number of carbonyl (C=O) groups excluding carboxylic acids is 1. The SMILES string of the molecule is Cc1ccccc1C1CNCCC1C(=O)N(C)Cc1cc(C(F)(F)F)cc(C(F)(F)F)c1.Cl. The number of rotatable bonds is 4. The van der Waals surface area contributed by atoms with E-state index in [-0.39, 0.29) is 42.4 Å². The molecule has 10 heteroatoms. The second-order valence-electron chi connectivity index (χ2n) is 8.17. The molecular formula is C23H25ClF6N2O. The maximum atomic E-state index is 13.2. The molecule has 2 atom stereocenters. The number of aryl methyl sites for hydroxylation is 1. The van der Waals surface area contributed by atoms with Crippen molar-refractivity contribution < 1.29 is 31.1 Å². The summed E-state index contributed by atoms with van der Waals surface area (Å²) in [5, 5.41) is 3.26. The maximum Gasteiger partial charge on any atom is 0.416 e. The number of benzene rings is 2. The standard InChI is InChI=1S/C23H24F6N2O.ClH/c1-14-5-3-4-6-18(14)20-12-30-8-7-19(20)21(32)31(2)13-15-9-16(22(24,25)26)11-17(10-15)23(27,28)29;/h3-6,9-11,19-20,30H,7-8,12-13H2,1-2H3;1H. The highest BCUT2D eigenvalue weighted by molar-refractivity contribution is 5.85. The Morgan fingerprint density at radius 3 is 2.15 bits per heavy atom. The average Bonchev–Trinajstić information content (AvgIpc) is 2.72. The lowest BCUT2D eigenvalue weighted by atomic mass is 9.79. The van der Waals surface area contributed by atoms with E-state index in [4.69, 9.17) is 0 Å². The summed E-state index contributed by atoms with van der Waals surface area (Å²) in [5.41, 5.74) is -0.964. The molecule has 1 amide bonds. The number of carbonyl (C=O) groups is 1.